The fourth-order valence-corrected chi connectivity index (χ4v) is 0.872. The zero-order valence-corrected chi connectivity index (χ0v) is 7.21. The second kappa shape index (κ2) is 2.58. The highest BCUT2D eigenvalue weighted by atomic mass is 79.9. The molecule has 1 rings (SSSR count). The first-order valence-corrected chi connectivity index (χ1v) is 3.61. The molecular weight excluding hydrogens is 200 g/mol. The Hall–Kier alpha value is -0.220. The van der Waals surface area contributed by atoms with E-state index < -0.39 is 0 Å². The molecule has 1 heterocycles. The van der Waals surface area contributed by atoms with Crippen molar-refractivity contribution in [3.8, 4) is 0 Å². The van der Waals surface area contributed by atoms with Gasteiger partial charge >= 0.3 is 0 Å². The minimum absolute atomic E-state index is 0.524. The Labute approximate surface area is 66.5 Å². The standard InChI is InChI=1S/C5H5BrN2S/c1-3-4(6)2-7-5(9)8-3/h2H,1H3,(H,7,8,9). The van der Waals surface area contributed by atoms with Gasteiger partial charge in [0.05, 0.1) is 4.47 Å². The first kappa shape index (κ1) is 6.89. The van der Waals surface area contributed by atoms with Crippen molar-refractivity contribution in [3.05, 3.63) is 21.1 Å². The van der Waals surface area contributed by atoms with E-state index in [1.54, 1.807) is 6.20 Å². The maximum absolute atomic E-state index is 4.77. The fourth-order valence-electron chi connectivity index (χ4n) is 0.465. The van der Waals surface area contributed by atoms with E-state index >= 15 is 0 Å². The predicted octanol–water partition coefficient (Wildman–Crippen LogP) is 2.21. The Morgan fingerprint density at radius 2 is 2.44 bits per heavy atom. The van der Waals surface area contributed by atoms with Crippen LogP contribution in [0.15, 0.2) is 10.7 Å². The molecule has 1 aromatic rings. The number of hydrogen-bond acceptors (Lipinski definition) is 2. The zero-order chi connectivity index (χ0) is 6.85. The lowest BCUT2D eigenvalue weighted by Crippen LogP contribution is -1.85. The van der Waals surface area contributed by atoms with Crippen LogP contribution in [0.5, 0.6) is 0 Å². The van der Waals surface area contributed by atoms with Crippen LogP contribution in [-0.2, 0) is 0 Å². The van der Waals surface area contributed by atoms with Crippen molar-refractivity contribution in [1.82, 2.24) is 9.97 Å². The molecule has 0 spiro atoms. The van der Waals surface area contributed by atoms with Gasteiger partial charge in [0.15, 0.2) is 4.77 Å². The number of halogens is 1. The van der Waals surface area contributed by atoms with Crippen molar-refractivity contribution in [3.63, 3.8) is 0 Å². The third-order valence-corrected chi connectivity index (χ3v) is 1.95. The first-order chi connectivity index (χ1) is 4.20. The molecule has 4 heteroatoms. The lowest BCUT2D eigenvalue weighted by Gasteiger charge is -1.93. The van der Waals surface area contributed by atoms with Crippen molar-refractivity contribution in [2.24, 2.45) is 0 Å². The maximum atomic E-state index is 4.77. The van der Waals surface area contributed by atoms with Crippen LogP contribution in [0.4, 0.5) is 0 Å². The smallest absolute Gasteiger partial charge is 0.197 e. The van der Waals surface area contributed by atoms with Gasteiger partial charge in [-0.25, -0.2) is 4.98 Å². The average Bonchev–Trinajstić information content (AvgIpc) is 1.80. The van der Waals surface area contributed by atoms with Gasteiger partial charge in [-0.3, -0.25) is 0 Å². The molecule has 0 fully saturated rings. The Bertz CT molecular complexity index is 268. The van der Waals surface area contributed by atoms with Gasteiger partial charge < -0.3 is 4.98 Å². The number of nitrogens with zero attached hydrogens (tertiary/aromatic N) is 1. The monoisotopic (exact) mass is 204 g/mol. The van der Waals surface area contributed by atoms with E-state index in [1.165, 1.54) is 0 Å². The fraction of sp³-hybridized carbons (Fsp3) is 0.200. The number of nitrogens with one attached hydrogen (secondary N) is 1. The minimum Gasteiger partial charge on any atom is -0.334 e. The molecule has 1 aromatic heterocycles. The van der Waals surface area contributed by atoms with E-state index in [4.69, 9.17) is 12.2 Å². The number of H-pyrrole nitrogens is 1. The minimum atomic E-state index is 0.524. The summed E-state index contributed by atoms with van der Waals surface area (Å²) in [7, 11) is 0. The SMILES string of the molecule is Cc1[nH]c(=S)ncc1Br. The summed E-state index contributed by atoms with van der Waals surface area (Å²) in [6, 6.07) is 0. The Balaban J connectivity index is 3.34. The van der Waals surface area contributed by atoms with Crippen LogP contribution in [-0.4, -0.2) is 9.97 Å². The van der Waals surface area contributed by atoms with Crippen LogP contribution >= 0.6 is 28.1 Å². The van der Waals surface area contributed by atoms with E-state index in [2.05, 4.69) is 25.9 Å². The topological polar surface area (TPSA) is 28.7 Å². The number of aromatic amines is 1. The molecule has 0 aliphatic carbocycles. The number of rotatable bonds is 0. The number of aryl methyl sites for hydroxylation is 1. The van der Waals surface area contributed by atoms with Gasteiger partial charge in [-0.15, -0.1) is 0 Å². The number of aromatic nitrogens is 2. The van der Waals surface area contributed by atoms with Gasteiger partial charge in [-0.2, -0.15) is 0 Å². The lowest BCUT2D eigenvalue weighted by molar-refractivity contribution is 1.06. The molecule has 0 saturated carbocycles. The van der Waals surface area contributed by atoms with E-state index in [1.807, 2.05) is 6.92 Å². The summed E-state index contributed by atoms with van der Waals surface area (Å²) in [5, 5.41) is 0. The Kier molecular flexibility index (Phi) is 1.97. The normalized spacial score (nSPS) is 9.56. The van der Waals surface area contributed by atoms with Crippen LogP contribution in [0.25, 0.3) is 0 Å². The summed E-state index contributed by atoms with van der Waals surface area (Å²) in [6.07, 6.45) is 1.69. The van der Waals surface area contributed by atoms with Gasteiger partial charge in [-0.05, 0) is 35.1 Å². The van der Waals surface area contributed by atoms with Crippen molar-refractivity contribution >= 4 is 28.1 Å². The first-order valence-electron chi connectivity index (χ1n) is 2.41. The van der Waals surface area contributed by atoms with E-state index in [9.17, 15) is 0 Å². The average molecular weight is 205 g/mol. The molecule has 48 valence electrons. The maximum Gasteiger partial charge on any atom is 0.197 e. The number of hydrogen-bond donors (Lipinski definition) is 1. The summed E-state index contributed by atoms with van der Waals surface area (Å²) in [5.74, 6) is 0. The van der Waals surface area contributed by atoms with Crippen molar-refractivity contribution < 1.29 is 0 Å². The van der Waals surface area contributed by atoms with Crippen molar-refractivity contribution in [1.29, 1.82) is 0 Å². The largest absolute Gasteiger partial charge is 0.334 e. The molecule has 9 heavy (non-hydrogen) atoms. The van der Waals surface area contributed by atoms with Crippen LogP contribution in [0, 0.1) is 11.7 Å². The van der Waals surface area contributed by atoms with Crippen LogP contribution < -0.4 is 0 Å². The van der Waals surface area contributed by atoms with Crippen LogP contribution in [0.3, 0.4) is 0 Å². The molecule has 0 unspecified atom stereocenters. The molecular formula is C5H5BrN2S. The molecule has 0 saturated heterocycles. The molecule has 2 nitrogen and oxygen atoms in total. The highest BCUT2D eigenvalue weighted by molar-refractivity contribution is 9.10. The molecule has 0 atom stereocenters. The molecule has 0 bridgehead atoms. The van der Waals surface area contributed by atoms with E-state index in [0.717, 1.165) is 10.2 Å². The lowest BCUT2D eigenvalue weighted by atomic mass is 10.5. The van der Waals surface area contributed by atoms with E-state index in [-0.39, 0.29) is 0 Å². The second-order valence-corrected chi connectivity index (χ2v) is 2.90. The van der Waals surface area contributed by atoms with Crippen molar-refractivity contribution in [2.75, 3.05) is 0 Å². The molecule has 0 amide bonds. The van der Waals surface area contributed by atoms with Gasteiger partial charge in [0.2, 0.25) is 0 Å². The molecule has 0 aromatic carbocycles. The summed E-state index contributed by atoms with van der Waals surface area (Å²) in [5.41, 5.74) is 1.01. The Morgan fingerprint density at radius 1 is 1.78 bits per heavy atom. The summed E-state index contributed by atoms with van der Waals surface area (Å²) >= 11 is 8.06. The highest BCUT2D eigenvalue weighted by Crippen LogP contribution is 2.09. The summed E-state index contributed by atoms with van der Waals surface area (Å²) < 4.78 is 1.48. The zero-order valence-electron chi connectivity index (χ0n) is 4.81. The molecule has 0 aliphatic rings. The second-order valence-electron chi connectivity index (χ2n) is 1.66. The third kappa shape index (κ3) is 1.59. The third-order valence-electron chi connectivity index (χ3n) is 0.948. The summed E-state index contributed by atoms with van der Waals surface area (Å²) in [6.45, 7) is 1.93. The van der Waals surface area contributed by atoms with Crippen molar-refractivity contribution in [2.45, 2.75) is 6.92 Å². The molecule has 1 N–H and O–H groups in total. The van der Waals surface area contributed by atoms with Gasteiger partial charge in [0.1, 0.15) is 0 Å². The van der Waals surface area contributed by atoms with Crippen LogP contribution in [0.2, 0.25) is 0 Å². The highest BCUT2D eigenvalue weighted by Gasteiger charge is 1.90. The molecule has 0 aliphatic heterocycles. The van der Waals surface area contributed by atoms with Gasteiger partial charge in [0.25, 0.3) is 0 Å². The van der Waals surface area contributed by atoms with Crippen LogP contribution in [0.1, 0.15) is 5.69 Å². The predicted molar refractivity (Wildman–Crippen MR) is 41.9 cm³/mol. The molecule has 0 radical (unpaired) electrons. The Morgan fingerprint density at radius 3 is 2.89 bits per heavy atom. The van der Waals surface area contributed by atoms with Gasteiger partial charge in [-0.1, -0.05) is 0 Å². The van der Waals surface area contributed by atoms with Gasteiger partial charge in [0, 0.05) is 11.9 Å². The van der Waals surface area contributed by atoms with E-state index in [0.29, 0.717) is 4.77 Å². The summed E-state index contributed by atoms with van der Waals surface area (Å²) in [4.78, 5) is 6.75. The quantitative estimate of drug-likeness (QED) is 0.657.